The van der Waals surface area contributed by atoms with Gasteiger partial charge in [-0.15, -0.1) is 5.10 Å². The maximum atomic E-state index is 5.79. The number of anilines is 1. The first kappa shape index (κ1) is 12.4. The standard InChI is InChI=1S/C15H12N6O/c16-15-18-14(19-20-15)13-7-6-12(22-13)10-2-4-11(5-3-10)21-9-1-8-17-21/h1-9H,(H3,16,18,19,20). The summed E-state index contributed by atoms with van der Waals surface area (Å²) in [5, 5.41) is 10.7. The largest absolute Gasteiger partial charge is 0.453 e. The van der Waals surface area contributed by atoms with E-state index in [1.54, 1.807) is 10.9 Å². The van der Waals surface area contributed by atoms with Crippen molar-refractivity contribution >= 4 is 5.95 Å². The van der Waals surface area contributed by atoms with Crippen LogP contribution in [0.25, 0.3) is 28.6 Å². The molecule has 0 saturated carbocycles. The second-order valence-corrected chi connectivity index (χ2v) is 4.70. The highest BCUT2D eigenvalue weighted by atomic mass is 16.3. The van der Waals surface area contributed by atoms with E-state index in [0.717, 1.165) is 17.0 Å². The van der Waals surface area contributed by atoms with Gasteiger partial charge in [-0.2, -0.15) is 10.1 Å². The Labute approximate surface area is 125 Å². The van der Waals surface area contributed by atoms with Crippen molar-refractivity contribution in [3.8, 4) is 28.6 Å². The summed E-state index contributed by atoms with van der Waals surface area (Å²) >= 11 is 0. The highest BCUT2D eigenvalue weighted by molar-refractivity contribution is 5.63. The minimum atomic E-state index is 0.191. The Morgan fingerprint density at radius 3 is 2.55 bits per heavy atom. The minimum absolute atomic E-state index is 0.191. The molecule has 22 heavy (non-hydrogen) atoms. The molecule has 4 aromatic rings. The minimum Gasteiger partial charge on any atom is -0.453 e. The first-order valence-electron chi connectivity index (χ1n) is 6.68. The van der Waals surface area contributed by atoms with Gasteiger partial charge in [-0.1, -0.05) is 0 Å². The lowest BCUT2D eigenvalue weighted by atomic mass is 10.1. The molecular weight excluding hydrogens is 280 g/mol. The Bertz CT molecular complexity index is 888. The SMILES string of the molecule is Nc1n[nH]c(-c2ccc(-c3ccc(-n4cccn4)cc3)o2)n1. The Morgan fingerprint density at radius 2 is 1.86 bits per heavy atom. The van der Waals surface area contributed by atoms with Gasteiger partial charge in [-0.25, -0.2) is 4.68 Å². The van der Waals surface area contributed by atoms with Crippen LogP contribution in [0.5, 0.6) is 0 Å². The predicted octanol–water partition coefficient (Wildman–Crippen LogP) is 2.50. The van der Waals surface area contributed by atoms with Crippen LogP contribution in [0.2, 0.25) is 0 Å². The number of hydrogen-bond acceptors (Lipinski definition) is 5. The van der Waals surface area contributed by atoms with Crippen molar-refractivity contribution in [2.75, 3.05) is 5.73 Å². The number of furan rings is 1. The van der Waals surface area contributed by atoms with Gasteiger partial charge in [0.25, 0.3) is 0 Å². The summed E-state index contributed by atoms with van der Waals surface area (Å²) in [6, 6.07) is 13.5. The molecule has 108 valence electrons. The summed E-state index contributed by atoms with van der Waals surface area (Å²) in [6.45, 7) is 0. The van der Waals surface area contributed by atoms with Gasteiger partial charge < -0.3 is 10.2 Å². The molecular formula is C15H12N6O. The molecule has 0 bridgehead atoms. The number of H-pyrrole nitrogens is 1. The average Bonchev–Trinajstić information content (AvgIpc) is 3.28. The molecule has 0 aliphatic rings. The molecule has 0 atom stereocenters. The van der Waals surface area contributed by atoms with Gasteiger partial charge in [0.05, 0.1) is 5.69 Å². The molecule has 4 rings (SSSR count). The van der Waals surface area contributed by atoms with Crippen molar-refractivity contribution in [2.24, 2.45) is 0 Å². The first-order chi connectivity index (χ1) is 10.8. The molecule has 7 heteroatoms. The number of rotatable bonds is 3. The van der Waals surface area contributed by atoms with Crippen molar-refractivity contribution in [3.05, 3.63) is 54.9 Å². The van der Waals surface area contributed by atoms with Gasteiger partial charge in [-0.3, -0.25) is 5.10 Å². The summed E-state index contributed by atoms with van der Waals surface area (Å²) in [4.78, 5) is 4.04. The third-order valence-corrected chi connectivity index (χ3v) is 3.26. The Balaban J connectivity index is 1.64. The number of aromatic nitrogens is 5. The number of hydrogen-bond donors (Lipinski definition) is 2. The van der Waals surface area contributed by atoms with Gasteiger partial charge in [0.2, 0.25) is 5.95 Å². The molecule has 7 nitrogen and oxygen atoms in total. The Hall–Kier alpha value is -3.35. The number of nitrogens with one attached hydrogen (secondary N) is 1. The number of aromatic amines is 1. The molecule has 0 fully saturated rings. The Kier molecular flexibility index (Phi) is 2.75. The molecule has 1 aromatic carbocycles. The number of nitrogen functional groups attached to an aromatic ring is 1. The summed E-state index contributed by atoms with van der Waals surface area (Å²) in [5.41, 5.74) is 7.45. The van der Waals surface area contributed by atoms with Crippen molar-refractivity contribution in [1.82, 2.24) is 25.0 Å². The highest BCUT2D eigenvalue weighted by Gasteiger charge is 2.10. The quantitative estimate of drug-likeness (QED) is 0.604. The van der Waals surface area contributed by atoms with Crippen molar-refractivity contribution < 1.29 is 4.42 Å². The van der Waals surface area contributed by atoms with Gasteiger partial charge in [-0.05, 0) is 42.5 Å². The lowest BCUT2D eigenvalue weighted by molar-refractivity contribution is 0.592. The van der Waals surface area contributed by atoms with E-state index in [0.29, 0.717) is 11.6 Å². The van der Waals surface area contributed by atoms with E-state index in [9.17, 15) is 0 Å². The van der Waals surface area contributed by atoms with E-state index in [-0.39, 0.29) is 5.95 Å². The van der Waals surface area contributed by atoms with Crippen molar-refractivity contribution in [2.45, 2.75) is 0 Å². The monoisotopic (exact) mass is 292 g/mol. The van der Waals surface area contributed by atoms with Gasteiger partial charge in [0.1, 0.15) is 5.76 Å². The van der Waals surface area contributed by atoms with Crippen LogP contribution >= 0.6 is 0 Å². The maximum absolute atomic E-state index is 5.79. The zero-order valence-electron chi connectivity index (χ0n) is 11.5. The fraction of sp³-hybridized carbons (Fsp3) is 0. The average molecular weight is 292 g/mol. The normalized spacial score (nSPS) is 10.9. The predicted molar refractivity (Wildman–Crippen MR) is 81.1 cm³/mol. The smallest absolute Gasteiger partial charge is 0.239 e. The molecule has 0 radical (unpaired) electrons. The van der Waals surface area contributed by atoms with Crippen molar-refractivity contribution in [1.29, 1.82) is 0 Å². The third-order valence-electron chi connectivity index (χ3n) is 3.26. The number of nitrogens with two attached hydrogens (primary N) is 1. The van der Waals surface area contributed by atoms with Crippen molar-refractivity contribution in [3.63, 3.8) is 0 Å². The van der Waals surface area contributed by atoms with Crippen LogP contribution in [-0.4, -0.2) is 25.0 Å². The molecule has 3 N–H and O–H groups in total. The third kappa shape index (κ3) is 2.14. The lowest BCUT2D eigenvalue weighted by Gasteiger charge is -2.02. The van der Waals surface area contributed by atoms with Crippen LogP contribution in [0.4, 0.5) is 5.95 Å². The maximum Gasteiger partial charge on any atom is 0.239 e. The van der Waals surface area contributed by atoms with Crippen LogP contribution < -0.4 is 5.73 Å². The van der Waals surface area contributed by atoms with Crippen LogP contribution in [0, 0.1) is 0 Å². The van der Waals surface area contributed by atoms with E-state index in [1.807, 2.05) is 48.7 Å². The van der Waals surface area contributed by atoms with E-state index >= 15 is 0 Å². The second kappa shape index (κ2) is 4.88. The van der Waals surface area contributed by atoms with Crippen LogP contribution in [-0.2, 0) is 0 Å². The van der Waals surface area contributed by atoms with Gasteiger partial charge in [0.15, 0.2) is 11.6 Å². The summed E-state index contributed by atoms with van der Waals surface area (Å²) < 4.78 is 7.59. The molecule has 0 saturated heterocycles. The molecule has 3 aromatic heterocycles. The second-order valence-electron chi connectivity index (χ2n) is 4.70. The summed E-state index contributed by atoms with van der Waals surface area (Å²) in [7, 11) is 0. The number of benzene rings is 1. The van der Waals surface area contributed by atoms with E-state index in [4.69, 9.17) is 10.2 Å². The van der Waals surface area contributed by atoms with E-state index in [2.05, 4.69) is 20.3 Å². The molecule has 3 heterocycles. The number of nitrogens with zero attached hydrogens (tertiary/aromatic N) is 4. The highest BCUT2D eigenvalue weighted by Crippen LogP contribution is 2.27. The topological polar surface area (TPSA) is 98.5 Å². The van der Waals surface area contributed by atoms with Crippen LogP contribution in [0.3, 0.4) is 0 Å². The van der Waals surface area contributed by atoms with Gasteiger partial charge in [0, 0.05) is 18.0 Å². The fourth-order valence-corrected chi connectivity index (χ4v) is 2.21. The molecule has 0 amide bonds. The molecule has 0 spiro atoms. The van der Waals surface area contributed by atoms with E-state index in [1.165, 1.54) is 0 Å². The lowest BCUT2D eigenvalue weighted by Crippen LogP contribution is -1.93. The summed E-state index contributed by atoms with van der Waals surface area (Å²) in [5.74, 6) is 2.04. The molecule has 0 aliphatic carbocycles. The molecule has 0 unspecified atom stereocenters. The zero-order chi connectivity index (χ0) is 14.9. The zero-order valence-corrected chi connectivity index (χ0v) is 11.5. The van der Waals surface area contributed by atoms with E-state index < -0.39 is 0 Å². The fourth-order valence-electron chi connectivity index (χ4n) is 2.21. The van der Waals surface area contributed by atoms with Crippen LogP contribution in [0.15, 0.2) is 59.3 Å². The molecule has 0 aliphatic heterocycles. The van der Waals surface area contributed by atoms with Gasteiger partial charge >= 0.3 is 0 Å². The van der Waals surface area contributed by atoms with Crippen LogP contribution in [0.1, 0.15) is 0 Å². The Morgan fingerprint density at radius 1 is 1.05 bits per heavy atom. The first-order valence-corrected chi connectivity index (χ1v) is 6.68. The summed E-state index contributed by atoms with van der Waals surface area (Å²) in [6.07, 6.45) is 3.64.